The predicted molar refractivity (Wildman–Crippen MR) is 296 cm³/mol. The number of amides is 2. The summed E-state index contributed by atoms with van der Waals surface area (Å²) in [5.74, 6) is 1.84. The number of hydrogen-bond donors (Lipinski definition) is 3. The Morgan fingerprint density at radius 1 is 0.595 bits per heavy atom. The van der Waals surface area contributed by atoms with Gasteiger partial charge in [0.2, 0.25) is 0 Å². The fourth-order valence-corrected chi connectivity index (χ4v) is 11.3. The highest BCUT2D eigenvalue weighted by Gasteiger charge is 2.45. The van der Waals surface area contributed by atoms with Crippen molar-refractivity contribution >= 4 is 50.5 Å². The monoisotopic (exact) mass is 1050 g/mol. The van der Waals surface area contributed by atoms with E-state index < -0.39 is 40.7 Å². The van der Waals surface area contributed by atoms with Crippen LogP contribution in [0.3, 0.4) is 0 Å². The van der Waals surface area contributed by atoms with Crippen LogP contribution < -0.4 is 34.5 Å². The number of rotatable bonds is 23. The highest BCUT2D eigenvalue weighted by atomic mass is 28.3. The minimum Gasteiger partial charge on any atom is -0.497 e. The second-order valence-electron chi connectivity index (χ2n) is 22.3. The van der Waals surface area contributed by atoms with Crippen molar-refractivity contribution in [3.8, 4) is 23.0 Å². The molecule has 4 aliphatic heterocycles. The molecular formula is C57H77N5O10Si2. The number of carbonyl (C=O) groups is 2. The molecule has 0 saturated carbocycles. The number of anilines is 2. The third-order valence-corrected chi connectivity index (χ3v) is 17.8. The zero-order valence-corrected chi connectivity index (χ0v) is 46.8. The molecule has 4 atom stereocenters. The van der Waals surface area contributed by atoms with Gasteiger partial charge in [-0.1, -0.05) is 75.7 Å². The minimum atomic E-state index is -1.40. The summed E-state index contributed by atoms with van der Waals surface area (Å²) in [6, 6.07) is 23.9. The van der Waals surface area contributed by atoms with E-state index in [1.165, 1.54) is 0 Å². The SMILES string of the molecule is COc1ccc(C2=CN3C(=O)c4cc(C)c(OCCCCCOc5cc6c(cc5OC)C(=O)N5C=C(c7ccc(CN)cc7)C[C@H]5C(O)N6COCC[Si](C)(C)C)cc4N(COCC[Si](C)(C)C)C(O)[C@@H]3C2)cc1. The summed E-state index contributed by atoms with van der Waals surface area (Å²) >= 11 is 0. The van der Waals surface area contributed by atoms with Gasteiger partial charge in [0.1, 0.15) is 37.4 Å². The van der Waals surface area contributed by atoms with Crippen molar-refractivity contribution in [2.24, 2.45) is 5.73 Å². The molecule has 4 aromatic rings. The lowest BCUT2D eigenvalue weighted by molar-refractivity contribution is 0.0425. The van der Waals surface area contributed by atoms with Crippen molar-refractivity contribution in [1.29, 1.82) is 0 Å². The molecule has 4 N–H and O–H groups in total. The number of unbranched alkanes of at least 4 members (excludes halogenated alkanes) is 2. The number of benzene rings is 4. The van der Waals surface area contributed by atoms with Gasteiger partial charge in [-0.25, -0.2) is 0 Å². The second kappa shape index (κ2) is 23.5. The number of fused-ring (bicyclic) bond motifs is 4. The zero-order valence-electron chi connectivity index (χ0n) is 44.8. The lowest BCUT2D eigenvalue weighted by atomic mass is 10.00. The first-order valence-corrected chi connectivity index (χ1v) is 33.5. The standard InChI is InChI=1S/C57H77N5O10Si2/c1-38-27-45-47(61(36-69-23-25-73(4,5)6)56(65)49-29-43(35-59(49)54(45)63)41-17-19-44(67-2)20-18-41)31-51(38)71-21-11-10-12-22-72-53-32-48-46(30-52(53)68-3)55(64)60-34-42(40-15-13-39(33-58)14-16-40)28-50(60)57(66)62(48)37-70-24-26-74(7,8)9/h13-20,27,30-32,34-35,49-50,56-57,65-66H,10-12,21-26,28-29,33,36-37,58H2,1-9H3/t49-,50-,56?,57?/m0/s1. The number of aryl methyl sites for hydroxylation is 1. The maximum absolute atomic E-state index is 14.5. The number of ether oxygens (including phenoxy) is 6. The van der Waals surface area contributed by atoms with E-state index in [0.29, 0.717) is 92.0 Å². The van der Waals surface area contributed by atoms with E-state index in [0.717, 1.165) is 64.1 Å². The average molecular weight is 1050 g/mol. The van der Waals surface area contributed by atoms with E-state index in [2.05, 4.69) is 39.3 Å². The summed E-state index contributed by atoms with van der Waals surface area (Å²) in [5.41, 5.74) is 13.5. The van der Waals surface area contributed by atoms with E-state index in [1.54, 1.807) is 41.1 Å². The molecule has 2 unspecified atom stereocenters. The first-order valence-electron chi connectivity index (χ1n) is 26.1. The van der Waals surface area contributed by atoms with Crippen LogP contribution in [0.5, 0.6) is 23.0 Å². The molecule has 398 valence electrons. The van der Waals surface area contributed by atoms with E-state index in [-0.39, 0.29) is 25.3 Å². The van der Waals surface area contributed by atoms with E-state index >= 15 is 0 Å². The van der Waals surface area contributed by atoms with E-state index in [4.69, 9.17) is 34.2 Å². The smallest absolute Gasteiger partial charge is 0.260 e. The lowest BCUT2D eigenvalue weighted by Gasteiger charge is -2.34. The molecule has 0 aromatic heterocycles. The van der Waals surface area contributed by atoms with Crippen molar-refractivity contribution < 1.29 is 48.2 Å². The largest absolute Gasteiger partial charge is 0.497 e. The molecular weight excluding hydrogens is 971 g/mol. The number of aliphatic hydroxyl groups excluding tert-OH is 2. The Balaban J connectivity index is 0.937. The van der Waals surface area contributed by atoms with Gasteiger partial charge in [-0.15, -0.1) is 0 Å². The summed E-state index contributed by atoms with van der Waals surface area (Å²) in [4.78, 5) is 35.8. The Morgan fingerprint density at radius 2 is 1.07 bits per heavy atom. The summed E-state index contributed by atoms with van der Waals surface area (Å²) < 4.78 is 36.5. The predicted octanol–water partition coefficient (Wildman–Crippen LogP) is 9.51. The molecule has 15 nitrogen and oxygen atoms in total. The summed E-state index contributed by atoms with van der Waals surface area (Å²) in [6.07, 6.45) is 4.79. The zero-order chi connectivity index (χ0) is 52.9. The van der Waals surface area contributed by atoms with Gasteiger partial charge in [0.15, 0.2) is 11.5 Å². The van der Waals surface area contributed by atoms with Crippen molar-refractivity contribution in [1.82, 2.24) is 9.80 Å². The van der Waals surface area contributed by atoms with Crippen LogP contribution in [0.4, 0.5) is 11.4 Å². The van der Waals surface area contributed by atoms with Crippen LogP contribution in [0, 0.1) is 6.92 Å². The number of nitrogens with zero attached hydrogens (tertiary/aromatic N) is 4. The molecule has 4 aliphatic rings. The number of nitrogens with two attached hydrogens (primary N) is 1. The quantitative estimate of drug-likeness (QED) is 0.0475. The molecule has 4 heterocycles. The molecule has 0 spiro atoms. The normalized spacial score (nSPS) is 19.6. The van der Waals surface area contributed by atoms with Crippen LogP contribution in [0.25, 0.3) is 11.1 Å². The molecule has 0 fully saturated rings. The number of hydrogen-bond acceptors (Lipinski definition) is 13. The van der Waals surface area contributed by atoms with E-state index in [9.17, 15) is 19.8 Å². The van der Waals surface area contributed by atoms with Crippen LogP contribution in [0.1, 0.15) is 75.1 Å². The topological polar surface area (TPSA) is 169 Å². The second-order valence-corrected chi connectivity index (χ2v) is 33.5. The Hall–Kier alpha value is -5.67. The Labute approximate surface area is 439 Å². The number of carbonyl (C=O) groups excluding carboxylic acids is 2. The average Bonchev–Trinajstić information content (AvgIpc) is 4.01. The third-order valence-electron chi connectivity index (χ3n) is 14.4. The van der Waals surface area contributed by atoms with Gasteiger partial charge in [0.25, 0.3) is 11.8 Å². The van der Waals surface area contributed by atoms with Crippen LogP contribution in [0.2, 0.25) is 51.4 Å². The maximum Gasteiger partial charge on any atom is 0.260 e. The summed E-state index contributed by atoms with van der Waals surface area (Å²) in [5, 5.41) is 24.3. The first kappa shape index (κ1) is 54.6. The van der Waals surface area contributed by atoms with Crippen LogP contribution >= 0.6 is 0 Å². The molecule has 2 amide bonds. The van der Waals surface area contributed by atoms with Crippen molar-refractivity contribution in [3.63, 3.8) is 0 Å². The fourth-order valence-electron chi connectivity index (χ4n) is 9.81. The van der Waals surface area contributed by atoms with Gasteiger partial charge < -0.3 is 64.0 Å². The molecule has 0 aliphatic carbocycles. The summed E-state index contributed by atoms with van der Waals surface area (Å²) in [7, 11) is 0.411. The Bertz CT molecular complexity index is 2690. The molecule has 0 saturated heterocycles. The molecule has 0 radical (unpaired) electrons. The lowest BCUT2D eigenvalue weighted by Crippen LogP contribution is -2.48. The highest BCUT2D eigenvalue weighted by Crippen LogP contribution is 2.44. The molecule has 17 heteroatoms. The molecule has 8 rings (SSSR count). The molecule has 4 aromatic carbocycles. The molecule has 0 bridgehead atoms. The molecule has 74 heavy (non-hydrogen) atoms. The van der Waals surface area contributed by atoms with Crippen molar-refractivity contribution in [3.05, 3.63) is 119 Å². The van der Waals surface area contributed by atoms with Gasteiger partial charge in [-0.2, -0.15) is 0 Å². The van der Waals surface area contributed by atoms with Gasteiger partial charge in [0, 0.05) is 60.4 Å². The minimum absolute atomic E-state index is 0.0934. The van der Waals surface area contributed by atoms with E-state index in [1.807, 2.05) is 84.9 Å². The Morgan fingerprint density at radius 3 is 1.54 bits per heavy atom. The number of aliphatic hydroxyl groups is 2. The van der Waals surface area contributed by atoms with Gasteiger partial charge >= 0.3 is 0 Å². The van der Waals surface area contributed by atoms with Crippen molar-refractivity contribution in [2.75, 3.05) is 63.9 Å². The van der Waals surface area contributed by atoms with Crippen molar-refractivity contribution in [2.45, 2.75) is 121 Å². The maximum atomic E-state index is 14.5. The van der Waals surface area contributed by atoms with Crippen LogP contribution in [0.15, 0.2) is 85.2 Å². The number of methoxy groups -OCH3 is 2. The Kier molecular flexibility index (Phi) is 17.3. The van der Waals surface area contributed by atoms with Crippen LogP contribution in [-0.4, -0.2) is 127 Å². The first-order chi connectivity index (χ1) is 35.4. The fraction of sp³-hybridized carbons (Fsp3) is 0.474. The van der Waals surface area contributed by atoms with Gasteiger partial charge in [-0.3, -0.25) is 9.59 Å². The summed E-state index contributed by atoms with van der Waals surface area (Å²) in [6.45, 7) is 18.3. The van der Waals surface area contributed by atoms with Gasteiger partial charge in [-0.05, 0) is 109 Å². The third kappa shape index (κ3) is 12.5. The van der Waals surface area contributed by atoms with Gasteiger partial charge in [0.05, 0.1) is 62.0 Å². The highest BCUT2D eigenvalue weighted by molar-refractivity contribution is 6.76. The van der Waals surface area contributed by atoms with Crippen LogP contribution in [-0.2, 0) is 16.0 Å².